The summed E-state index contributed by atoms with van der Waals surface area (Å²) in [6.45, 7) is 6.87. The van der Waals surface area contributed by atoms with E-state index in [-0.39, 0.29) is 5.41 Å². The zero-order chi connectivity index (χ0) is 39.0. The molecular weight excluding hydrogens is 701 g/mol. The van der Waals surface area contributed by atoms with E-state index in [1.54, 1.807) is 0 Å². The maximum atomic E-state index is 2.39. The molecule has 2 heterocycles. The number of benzene rings is 8. The predicted octanol–water partition coefficient (Wildman–Crippen LogP) is 14.8. The molecule has 0 aliphatic heterocycles. The molecular formula is C56H42N2. The number of fused-ring (bicyclic) bond motifs is 9. The van der Waals surface area contributed by atoms with Crippen molar-refractivity contribution in [3.8, 4) is 22.5 Å². The average molecular weight is 743 g/mol. The van der Waals surface area contributed by atoms with Crippen LogP contribution in [-0.2, 0) is 5.41 Å². The third-order valence-electron chi connectivity index (χ3n) is 12.4. The van der Waals surface area contributed by atoms with E-state index in [2.05, 4.69) is 230 Å². The average Bonchev–Trinajstić information content (AvgIpc) is 3.85. The fourth-order valence-electron chi connectivity index (χ4n) is 9.38. The van der Waals surface area contributed by atoms with Gasteiger partial charge in [0.1, 0.15) is 0 Å². The van der Waals surface area contributed by atoms with Gasteiger partial charge in [-0.15, -0.1) is 0 Å². The first-order chi connectivity index (χ1) is 28.4. The van der Waals surface area contributed by atoms with Crippen molar-refractivity contribution in [2.75, 3.05) is 0 Å². The molecule has 2 nitrogen and oxygen atoms in total. The van der Waals surface area contributed by atoms with E-state index in [9.17, 15) is 0 Å². The SMILES string of the molecule is Cc1ccc(-n2c3ccccc3c3cc(/C=C/c4ccc5c(c4)C(C)(C)c4cc(/C=C/c6ccc7c(c6)c6ccccc6n7-c6ccccc6)ccc4-5)ccc32)cc1. The van der Waals surface area contributed by atoms with Gasteiger partial charge in [-0.25, -0.2) is 0 Å². The first-order valence-electron chi connectivity index (χ1n) is 20.3. The van der Waals surface area contributed by atoms with Crippen molar-refractivity contribution in [2.24, 2.45) is 0 Å². The topological polar surface area (TPSA) is 9.86 Å². The van der Waals surface area contributed by atoms with Gasteiger partial charge in [0.05, 0.1) is 22.1 Å². The summed E-state index contributed by atoms with van der Waals surface area (Å²) in [7, 11) is 0. The number of aryl methyl sites for hydroxylation is 1. The maximum absolute atomic E-state index is 2.39. The third-order valence-corrected chi connectivity index (χ3v) is 12.4. The van der Waals surface area contributed by atoms with Crippen molar-refractivity contribution in [3.63, 3.8) is 0 Å². The Balaban J connectivity index is 0.880. The normalized spacial score (nSPS) is 13.4. The van der Waals surface area contributed by atoms with E-state index >= 15 is 0 Å². The van der Waals surface area contributed by atoms with Crippen LogP contribution in [0.2, 0.25) is 0 Å². The summed E-state index contributed by atoms with van der Waals surface area (Å²) < 4.78 is 4.75. The van der Waals surface area contributed by atoms with Crippen LogP contribution in [0.4, 0.5) is 0 Å². The minimum absolute atomic E-state index is 0.118. The van der Waals surface area contributed by atoms with Crippen LogP contribution in [0.5, 0.6) is 0 Å². The summed E-state index contributed by atoms with van der Waals surface area (Å²) in [5.41, 5.74) is 18.6. The van der Waals surface area contributed by atoms with Crippen molar-refractivity contribution in [3.05, 3.63) is 215 Å². The second-order valence-corrected chi connectivity index (χ2v) is 16.3. The fraction of sp³-hybridized carbons (Fsp3) is 0.0714. The molecule has 0 N–H and O–H groups in total. The van der Waals surface area contributed by atoms with Crippen molar-refractivity contribution in [2.45, 2.75) is 26.2 Å². The highest BCUT2D eigenvalue weighted by Gasteiger charge is 2.35. The molecule has 2 aromatic heterocycles. The monoisotopic (exact) mass is 742 g/mol. The fourth-order valence-corrected chi connectivity index (χ4v) is 9.38. The van der Waals surface area contributed by atoms with Gasteiger partial charge >= 0.3 is 0 Å². The Bertz CT molecular complexity index is 3290. The zero-order valence-corrected chi connectivity index (χ0v) is 32.9. The first-order valence-corrected chi connectivity index (χ1v) is 20.3. The van der Waals surface area contributed by atoms with E-state index in [0.717, 1.165) is 0 Å². The summed E-state index contributed by atoms with van der Waals surface area (Å²) in [6.07, 6.45) is 9.04. The molecule has 0 atom stereocenters. The Hall–Kier alpha value is -7.16. The molecule has 2 heteroatoms. The largest absolute Gasteiger partial charge is 0.309 e. The van der Waals surface area contributed by atoms with E-state index in [1.165, 1.54) is 105 Å². The van der Waals surface area contributed by atoms with Gasteiger partial charge in [-0.3, -0.25) is 0 Å². The van der Waals surface area contributed by atoms with Gasteiger partial charge in [0.2, 0.25) is 0 Å². The maximum Gasteiger partial charge on any atom is 0.0541 e. The number of para-hydroxylation sites is 3. The van der Waals surface area contributed by atoms with E-state index < -0.39 is 0 Å². The zero-order valence-electron chi connectivity index (χ0n) is 32.9. The Morgan fingerprint density at radius 2 is 0.759 bits per heavy atom. The van der Waals surface area contributed by atoms with Crippen LogP contribution in [0.3, 0.4) is 0 Å². The Kier molecular flexibility index (Phi) is 7.78. The van der Waals surface area contributed by atoms with Gasteiger partial charge in [0, 0.05) is 38.3 Å². The Morgan fingerprint density at radius 1 is 0.362 bits per heavy atom. The van der Waals surface area contributed by atoms with Crippen LogP contribution in [0.1, 0.15) is 52.8 Å². The molecule has 0 fully saturated rings. The summed E-state index contributed by atoms with van der Waals surface area (Å²) >= 11 is 0. The van der Waals surface area contributed by atoms with Gasteiger partial charge < -0.3 is 9.13 Å². The minimum atomic E-state index is -0.118. The summed E-state index contributed by atoms with van der Waals surface area (Å²) in [6, 6.07) is 64.5. The molecule has 0 spiro atoms. The van der Waals surface area contributed by atoms with Gasteiger partial charge in [0.15, 0.2) is 0 Å². The number of rotatable bonds is 6. The number of hydrogen-bond donors (Lipinski definition) is 0. The van der Waals surface area contributed by atoms with E-state index in [1.807, 2.05) is 0 Å². The molecule has 0 amide bonds. The van der Waals surface area contributed by atoms with Crippen LogP contribution >= 0.6 is 0 Å². The third kappa shape index (κ3) is 5.48. The quantitative estimate of drug-likeness (QED) is 0.150. The molecule has 0 radical (unpaired) electrons. The summed E-state index contributed by atoms with van der Waals surface area (Å²) in [5, 5.41) is 5.08. The lowest BCUT2D eigenvalue weighted by Crippen LogP contribution is -2.15. The molecule has 0 saturated carbocycles. The highest BCUT2D eigenvalue weighted by Crippen LogP contribution is 2.49. The molecule has 276 valence electrons. The van der Waals surface area contributed by atoms with Crippen LogP contribution in [-0.4, -0.2) is 9.13 Å². The summed E-state index contributed by atoms with van der Waals surface area (Å²) in [5.74, 6) is 0. The predicted molar refractivity (Wildman–Crippen MR) is 248 cm³/mol. The molecule has 10 aromatic rings. The smallest absolute Gasteiger partial charge is 0.0541 e. The van der Waals surface area contributed by atoms with Crippen molar-refractivity contribution < 1.29 is 0 Å². The molecule has 11 rings (SSSR count). The van der Waals surface area contributed by atoms with E-state index in [4.69, 9.17) is 0 Å². The van der Waals surface area contributed by atoms with Crippen molar-refractivity contribution >= 4 is 67.9 Å². The van der Waals surface area contributed by atoms with Gasteiger partial charge in [-0.05, 0) is 112 Å². The number of nitrogens with zero attached hydrogens (tertiary/aromatic N) is 2. The Labute approximate surface area is 339 Å². The number of hydrogen-bond acceptors (Lipinski definition) is 0. The van der Waals surface area contributed by atoms with Crippen molar-refractivity contribution in [1.29, 1.82) is 0 Å². The molecule has 0 unspecified atom stereocenters. The second-order valence-electron chi connectivity index (χ2n) is 16.3. The highest BCUT2D eigenvalue weighted by molar-refractivity contribution is 6.11. The molecule has 8 aromatic carbocycles. The van der Waals surface area contributed by atoms with Gasteiger partial charge in [-0.1, -0.05) is 159 Å². The van der Waals surface area contributed by atoms with Gasteiger partial charge in [0.25, 0.3) is 0 Å². The molecule has 1 aliphatic carbocycles. The van der Waals surface area contributed by atoms with Crippen LogP contribution in [0, 0.1) is 6.92 Å². The standard InChI is InChI=1S/C56H42N2/c1-37-17-27-43(28-18-37)58-53-16-10-8-14-47(53)49-34-39(26-32-55(49)58)20-22-41-24-30-45-44-29-23-40(35-50(44)56(2,3)51(45)36-41)21-19-38-25-31-54-48(33-38)46-13-7-9-15-52(46)57(54)42-11-5-4-6-12-42/h4-36H,1-3H3/b21-19+,22-20+. The van der Waals surface area contributed by atoms with Crippen LogP contribution in [0.25, 0.3) is 90.4 Å². The first kappa shape index (κ1) is 34.1. The lowest BCUT2D eigenvalue weighted by atomic mass is 9.81. The molecule has 58 heavy (non-hydrogen) atoms. The van der Waals surface area contributed by atoms with Crippen LogP contribution < -0.4 is 0 Å². The van der Waals surface area contributed by atoms with Crippen molar-refractivity contribution in [1.82, 2.24) is 9.13 Å². The molecule has 0 bridgehead atoms. The lowest BCUT2D eigenvalue weighted by Gasteiger charge is -2.22. The molecule has 0 saturated heterocycles. The molecule has 1 aliphatic rings. The van der Waals surface area contributed by atoms with E-state index in [0.29, 0.717) is 0 Å². The Morgan fingerprint density at radius 3 is 1.26 bits per heavy atom. The lowest BCUT2D eigenvalue weighted by molar-refractivity contribution is 0.660. The van der Waals surface area contributed by atoms with Gasteiger partial charge in [-0.2, -0.15) is 0 Å². The van der Waals surface area contributed by atoms with Crippen LogP contribution in [0.15, 0.2) is 176 Å². The second kappa shape index (κ2) is 13.2. The minimum Gasteiger partial charge on any atom is -0.309 e. The highest BCUT2D eigenvalue weighted by atomic mass is 15.0. The number of aromatic nitrogens is 2. The summed E-state index contributed by atoms with van der Waals surface area (Å²) in [4.78, 5) is 0.